The maximum atomic E-state index is 12.4. The molecule has 0 bridgehead atoms. The number of nitriles is 1. The van der Waals surface area contributed by atoms with Crippen molar-refractivity contribution in [1.82, 2.24) is 15.1 Å². The first-order valence-electron chi connectivity index (χ1n) is 7.10. The van der Waals surface area contributed by atoms with Crippen LogP contribution in [0.1, 0.15) is 36.2 Å². The van der Waals surface area contributed by atoms with Crippen LogP contribution in [0.3, 0.4) is 0 Å². The number of carbonyl (C=O) groups is 1. The number of carbonyl (C=O) groups excluding carboxylic acids is 1. The molecule has 0 saturated heterocycles. The summed E-state index contributed by atoms with van der Waals surface area (Å²) in [5.41, 5.74) is 1.02. The van der Waals surface area contributed by atoms with Gasteiger partial charge in [-0.25, -0.2) is 9.97 Å². The number of amides is 1. The molecule has 2 heterocycles. The molecular formula is C15H17N5O2S. The summed E-state index contributed by atoms with van der Waals surface area (Å²) in [4.78, 5) is 20.9. The van der Waals surface area contributed by atoms with Gasteiger partial charge >= 0.3 is 0 Å². The monoisotopic (exact) mass is 331 g/mol. The van der Waals surface area contributed by atoms with Crippen molar-refractivity contribution < 1.29 is 9.32 Å². The molecule has 0 radical (unpaired) electrons. The lowest BCUT2D eigenvalue weighted by Gasteiger charge is -2.14. The van der Waals surface area contributed by atoms with E-state index in [4.69, 9.17) is 4.52 Å². The van der Waals surface area contributed by atoms with Gasteiger partial charge in [-0.1, -0.05) is 23.8 Å². The molecule has 0 saturated carbocycles. The van der Waals surface area contributed by atoms with E-state index >= 15 is 0 Å². The van der Waals surface area contributed by atoms with Gasteiger partial charge in [-0.3, -0.25) is 4.79 Å². The van der Waals surface area contributed by atoms with E-state index in [9.17, 15) is 10.1 Å². The van der Waals surface area contributed by atoms with Crippen molar-refractivity contribution in [3.8, 4) is 6.07 Å². The Hall–Kier alpha value is -2.40. The number of anilines is 1. The molecule has 2 aromatic heterocycles. The maximum Gasteiger partial charge on any atom is 0.239 e. The fraction of sp³-hybridized carbons (Fsp3) is 0.400. The van der Waals surface area contributed by atoms with Crippen LogP contribution in [0.5, 0.6) is 0 Å². The van der Waals surface area contributed by atoms with E-state index < -0.39 is 5.25 Å². The summed E-state index contributed by atoms with van der Waals surface area (Å²) in [6, 6.07) is 3.76. The van der Waals surface area contributed by atoms with E-state index in [2.05, 4.69) is 26.5 Å². The highest BCUT2D eigenvalue weighted by atomic mass is 32.2. The molecule has 0 fully saturated rings. The van der Waals surface area contributed by atoms with Crippen LogP contribution in [0.25, 0.3) is 0 Å². The Morgan fingerprint density at radius 3 is 2.74 bits per heavy atom. The normalized spacial score (nSPS) is 11.8. The average Bonchev–Trinajstić information content (AvgIpc) is 2.89. The highest BCUT2D eigenvalue weighted by molar-refractivity contribution is 8.00. The quantitative estimate of drug-likeness (QED) is 0.663. The van der Waals surface area contributed by atoms with E-state index in [-0.39, 0.29) is 5.91 Å². The molecule has 23 heavy (non-hydrogen) atoms. The third-order valence-electron chi connectivity index (χ3n) is 3.08. The lowest BCUT2D eigenvalue weighted by atomic mass is 10.2. The maximum absolute atomic E-state index is 12.4. The van der Waals surface area contributed by atoms with Crippen LogP contribution in [0.2, 0.25) is 0 Å². The second-order valence-electron chi connectivity index (χ2n) is 4.97. The molecule has 8 heteroatoms. The molecule has 2 aromatic rings. The average molecular weight is 331 g/mol. The minimum absolute atomic E-state index is 0.205. The van der Waals surface area contributed by atoms with Gasteiger partial charge < -0.3 is 9.84 Å². The van der Waals surface area contributed by atoms with Crippen LogP contribution in [0.15, 0.2) is 15.6 Å². The number of hydrogen-bond acceptors (Lipinski definition) is 7. The number of rotatable bonds is 5. The Morgan fingerprint density at radius 1 is 1.43 bits per heavy atom. The molecule has 0 aliphatic rings. The van der Waals surface area contributed by atoms with Gasteiger partial charge in [0, 0.05) is 6.07 Å². The summed E-state index contributed by atoms with van der Waals surface area (Å²) >= 11 is 1.26. The summed E-state index contributed by atoms with van der Waals surface area (Å²) in [5, 5.41) is 15.9. The summed E-state index contributed by atoms with van der Waals surface area (Å²) in [6.07, 6.45) is 0.584. The summed E-state index contributed by atoms with van der Waals surface area (Å²) in [5.74, 6) is 1.37. The van der Waals surface area contributed by atoms with Gasteiger partial charge in [0.1, 0.15) is 28.2 Å². The molecule has 2 rings (SSSR count). The largest absolute Gasteiger partial charge is 0.360 e. The molecule has 1 amide bonds. The van der Waals surface area contributed by atoms with E-state index in [0.717, 1.165) is 0 Å². The van der Waals surface area contributed by atoms with Gasteiger partial charge in [-0.2, -0.15) is 5.26 Å². The van der Waals surface area contributed by atoms with Crippen LogP contribution in [0.4, 0.5) is 5.82 Å². The molecule has 1 N–H and O–H groups in total. The molecule has 0 aromatic carbocycles. The Kier molecular flexibility index (Phi) is 5.34. The van der Waals surface area contributed by atoms with Crippen LogP contribution in [-0.4, -0.2) is 26.3 Å². The fourth-order valence-electron chi connectivity index (χ4n) is 1.98. The van der Waals surface area contributed by atoms with E-state index in [0.29, 0.717) is 40.1 Å². The SMILES string of the molecule is CC[C@H](Sc1nc(C)nc(C)c1C#N)C(=O)Nc1cc(C)on1. The van der Waals surface area contributed by atoms with Crippen molar-refractivity contribution in [2.75, 3.05) is 5.32 Å². The highest BCUT2D eigenvalue weighted by Crippen LogP contribution is 2.28. The Balaban J connectivity index is 2.19. The number of hydrogen-bond donors (Lipinski definition) is 1. The van der Waals surface area contributed by atoms with Crippen molar-refractivity contribution in [3.63, 3.8) is 0 Å². The second kappa shape index (κ2) is 7.24. The van der Waals surface area contributed by atoms with E-state index in [1.165, 1.54) is 11.8 Å². The molecule has 0 aliphatic heterocycles. The van der Waals surface area contributed by atoms with E-state index in [1.807, 2.05) is 6.92 Å². The number of thioether (sulfide) groups is 1. The lowest BCUT2D eigenvalue weighted by Crippen LogP contribution is -2.25. The second-order valence-corrected chi connectivity index (χ2v) is 6.17. The van der Waals surface area contributed by atoms with Crippen molar-refractivity contribution in [1.29, 1.82) is 5.26 Å². The first kappa shape index (κ1) is 17.0. The molecular weight excluding hydrogens is 314 g/mol. The fourth-order valence-corrected chi connectivity index (χ4v) is 3.08. The van der Waals surface area contributed by atoms with Crippen molar-refractivity contribution >= 4 is 23.5 Å². The van der Waals surface area contributed by atoms with Gasteiger partial charge in [0.15, 0.2) is 5.82 Å². The molecule has 1 atom stereocenters. The van der Waals surface area contributed by atoms with Gasteiger partial charge in [0.2, 0.25) is 5.91 Å². The van der Waals surface area contributed by atoms with Crippen LogP contribution < -0.4 is 5.32 Å². The van der Waals surface area contributed by atoms with Gasteiger partial charge in [0.25, 0.3) is 0 Å². The molecule has 0 aliphatic carbocycles. The van der Waals surface area contributed by atoms with E-state index in [1.54, 1.807) is 26.8 Å². The van der Waals surface area contributed by atoms with Crippen LogP contribution >= 0.6 is 11.8 Å². The molecule has 120 valence electrons. The van der Waals surface area contributed by atoms with Crippen LogP contribution in [0, 0.1) is 32.1 Å². The van der Waals surface area contributed by atoms with Crippen LogP contribution in [-0.2, 0) is 4.79 Å². The minimum Gasteiger partial charge on any atom is -0.360 e. The summed E-state index contributed by atoms with van der Waals surface area (Å²) < 4.78 is 4.93. The Morgan fingerprint density at radius 2 is 2.17 bits per heavy atom. The zero-order valence-corrected chi connectivity index (χ0v) is 14.2. The predicted molar refractivity (Wildman–Crippen MR) is 86.0 cm³/mol. The molecule has 0 unspecified atom stereocenters. The molecule has 7 nitrogen and oxygen atoms in total. The zero-order chi connectivity index (χ0) is 17.0. The summed E-state index contributed by atoms with van der Waals surface area (Å²) in [6.45, 7) is 7.17. The van der Waals surface area contributed by atoms with Crippen molar-refractivity contribution in [3.05, 3.63) is 28.9 Å². The van der Waals surface area contributed by atoms with Gasteiger partial charge in [-0.05, 0) is 27.2 Å². The Bertz CT molecular complexity index is 766. The van der Waals surface area contributed by atoms with Crippen molar-refractivity contribution in [2.24, 2.45) is 0 Å². The minimum atomic E-state index is -0.396. The number of nitrogens with one attached hydrogen (secondary N) is 1. The topological polar surface area (TPSA) is 105 Å². The van der Waals surface area contributed by atoms with Gasteiger partial charge in [-0.15, -0.1) is 0 Å². The number of aryl methyl sites for hydroxylation is 3. The smallest absolute Gasteiger partial charge is 0.239 e. The first-order chi connectivity index (χ1) is 10.9. The van der Waals surface area contributed by atoms with Crippen molar-refractivity contribution in [2.45, 2.75) is 44.4 Å². The zero-order valence-electron chi connectivity index (χ0n) is 13.4. The molecule has 0 spiro atoms. The predicted octanol–water partition coefficient (Wildman–Crippen LogP) is 2.77. The lowest BCUT2D eigenvalue weighted by molar-refractivity contribution is -0.115. The van der Waals surface area contributed by atoms with Gasteiger partial charge in [0.05, 0.1) is 10.9 Å². The standard InChI is InChI=1S/C15H17N5O2S/c1-5-12(14(21)19-13-6-8(2)22-20-13)23-15-11(7-16)9(3)17-10(4)18-15/h6,12H,5H2,1-4H3,(H,19,20,21)/t12-/m0/s1. The third-order valence-corrected chi connectivity index (χ3v) is 4.43. The highest BCUT2D eigenvalue weighted by Gasteiger charge is 2.22. The summed E-state index contributed by atoms with van der Waals surface area (Å²) in [7, 11) is 0. The number of aromatic nitrogens is 3. The third kappa shape index (κ3) is 4.07. The number of nitrogens with zero attached hydrogens (tertiary/aromatic N) is 4. The Labute approximate surface area is 138 Å². The first-order valence-corrected chi connectivity index (χ1v) is 7.98.